The second kappa shape index (κ2) is 5.33. The molecule has 1 rings (SSSR count). The van der Waals surface area contributed by atoms with Gasteiger partial charge in [0.25, 0.3) is 0 Å². The molecule has 1 aromatic heterocycles. The summed E-state index contributed by atoms with van der Waals surface area (Å²) < 4.78 is 1.78. The molecule has 0 aliphatic carbocycles. The fourth-order valence-corrected chi connectivity index (χ4v) is 1.80. The summed E-state index contributed by atoms with van der Waals surface area (Å²) in [4.78, 5) is 13.4. The SMILES string of the molecule is Cc1cc(=O)c(O)c(CN(C)C)n1CC(C)O. The Kier molecular flexibility index (Phi) is 4.31. The van der Waals surface area contributed by atoms with Crippen LogP contribution in [-0.4, -0.2) is 39.9 Å². The number of aliphatic hydroxyl groups is 1. The highest BCUT2D eigenvalue weighted by molar-refractivity contribution is 5.29. The third kappa shape index (κ3) is 3.31. The first-order valence-corrected chi connectivity index (χ1v) is 5.58. The van der Waals surface area contributed by atoms with Crippen molar-refractivity contribution in [2.75, 3.05) is 14.1 Å². The molecule has 0 aromatic carbocycles. The minimum Gasteiger partial charge on any atom is -0.503 e. The minimum absolute atomic E-state index is 0.232. The molecule has 0 bridgehead atoms. The van der Waals surface area contributed by atoms with Gasteiger partial charge in [-0.05, 0) is 27.9 Å². The normalized spacial score (nSPS) is 13.1. The summed E-state index contributed by atoms with van der Waals surface area (Å²) >= 11 is 0. The van der Waals surface area contributed by atoms with Gasteiger partial charge in [-0.2, -0.15) is 0 Å². The van der Waals surface area contributed by atoms with E-state index in [2.05, 4.69) is 0 Å². The van der Waals surface area contributed by atoms with Crippen molar-refractivity contribution < 1.29 is 10.2 Å². The van der Waals surface area contributed by atoms with Crippen molar-refractivity contribution in [1.82, 2.24) is 9.47 Å². The van der Waals surface area contributed by atoms with Gasteiger partial charge in [0.05, 0.1) is 11.8 Å². The van der Waals surface area contributed by atoms with Crippen LogP contribution in [0.15, 0.2) is 10.9 Å². The van der Waals surface area contributed by atoms with Crippen LogP contribution in [0, 0.1) is 6.92 Å². The first kappa shape index (κ1) is 13.7. The number of aryl methyl sites for hydroxylation is 1. The second-order valence-electron chi connectivity index (χ2n) is 4.64. The van der Waals surface area contributed by atoms with Gasteiger partial charge in [-0.3, -0.25) is 4.79 Å². The lowest BCUT2D eigenvalue weighted by Crippen LogP contribution is -2.25. The molecule has 0 spiro atoms. The lowest BCUT2D eigenvalue weighted by Gasteiger charge is -2.21. The van der Waals surface area contributed by atoms with Crippen LogP contribution < -0.4 is 5.43 Å². The zero-order valence-corrected chi connectivity index (χ0v) is 10.8. The number of aromatic nitrogens is 1. The quantitative estimate of drug-likeness (QED) is 0.794. The number of rotatable bonds is 4. The second-order valence-corrected chi connectivity index (χ2v) is 4.64. The molecule has 5 heteroatoms. The Labute approximate surface area is 101 Å². The van der Waals surface area contributed by atoms with Gasteiger partial charge in [-0.15, -0.1) is 0 Å². The summed E-state index contributed by atoms with van der Waals surface area (Å²) in [7, 11) is 3.72. The molecule has 0 saturated heterocycles. The van der Waals surface area contributed by atoms with Gasteiger partial charge in [-0.25, -0.2) is 0 Å². The maximum absolute atomic E-state index is 11.5. The zero-order valence-electron chi connectivity index (χ0n) is 10.8. The minimum atomic E-state index is -0.531. The highest BCUT2D eigenvalue weighted by atomic mass is 16.3. The summed E-state index contributed by atoms with van der Waals surface area (Å²) in [5, 5.41) is 19.3. The Hall–Kier alpha value is -1.33. The molecule has 0 fully saturated rings. The number of aliphatic hydroxyl groups excluding tert-OH is 1. The fourth-order valence-electron chi connectivity index (χ4n) is 1.80. The lowest BCUT2D eigenvalue weighted by atomic mass is 10.2. The van der Waals surface area contributed by atoms with Crippen LogP contribution >= 0.6 is 0 Å². The van der Waals surface area contributed by atoms with Crippen LogP contribution in [0.4, 0.5) is 0 Å². The highest BCUT2D eigenvalue weighted by Crippen LogP contribution is 2.16. The van der Waals surface area contributed by atoms with E-state index in [1.165, 1.54) is 6.07 Å². The van der Waals surface area contributed by atoms with E-state index in [1.807, 2.05) is 19.0 Å². The molecular weight excluding hydrogens is 220 g/mol. The Balaban J connectivity index is 3.33. The average Bonchev–Trinajstić information content (AvgIpc) is 2.19. The predicted octanol–water partition coefficient (Wildman–Crippen LogP) is 0.305. The molecule has 5 nitrogen and oxygen atoms in total. The molecule has 2 N–H and O–H groups in total. The van der Waals surface area contributed by atoms with E-state index >= 15 is 0 Å². The maximum Gasteiger partial charge on any atom is 0.223 e. The summed E-state index contributed by atoms with van der Waals surface area (Å²) in [5.74, 6) is -0.232. The van der Waals surface area contributed by atoms with Crippen LogP contribution in [0.2, 0.25) is 0 Å². The van der Waals surface area contributed by atoms with E-state index in [9.17, 15) is 15.0 Å². The average molecular weight is 240 g/mol. The standard InChI is InChI=1S/C12H20N2O3/c1-8-5-11(16)12(17)10(7-13(3)4)14(8)6-9(2)15/h5,9,15,17H,6-7H2,1-4H3. The molecule has 0 aliphatic rings. The summed E-state index contributed by atoms with van der Waals surface area (Å²) in [6.07, 6.45) is -0.531. The van der Waals surface area contributed by atoms with E-state index in [-0.39, 0.29) is 11.2 Å². The van der Waals surface area contributed by atoms with Gasteiger partial charge in [-0.1, -0.05) is 0 Å². The zero-order chi connectivity index (χ0) is 13.2. The van der Waals surface area contributed by atoms with Crippen LogP contribution in [0.25, 0.3) is 0 Å². The highest BCUT2D eigenvalue weighted by Gasteiger charge is 2.14. The summed E-state index contributed by atoms with van der Waals surface area (Å²) in [5.41, 5.74) is 0.910. The van der Waals surface area contributed by atoms with Gasteiger partial charge in [0.1, 0.15) is 0 Å². The molecule has 17 heavy (non-hydrogen) atoms. The Morgan fingerprint density at radius 1 is 1.47 bits per heavy atom. The summed E-state index contributed by atoms with van der Waals surface area (Å²) in [6.45, 7) is 4.29. The Morgan fingerprint density at radius 3 is 2.53 bits per heavy atom. The molecule has 0 amide bonds. The third-order valence-corrected chi connectivity index (χ3v) is 2.51. The summed E-state index contributed by atoms with van der Waals surface area (Å²) in [6, 6.07) is 1.39. The largest absolute Gasteiger partial charge is 0.503 e. The smallest absolute Gasteiger partial charge is 0.223 e. The predicted molar refractivity (Wildman–Crippen MR) is 66.2 cm³/mol. The van der Waals surface area contributed by atoms with Crippen molar-refractivity contribution >= 4 is 0 Å². The first-order chi connectivity index (χ1) is 7.82. The van der Waals surface area contributed by atoms with Crippen molar-refractivity contribution in [3.8, 4) is 5.75 Å². The molecule has 0 saturated carbocycles. The van der Waals surface area contributed by atoms with Crippen molar-refractivity contribution in [1.29, 1.82) is 0 Å². The van der Waals surface area contributed by atoms with Gasteiger partial charge in [0, 0.05) is 24.8 Å². The number of nitrogens with zero attached hydrogens (tertiary/aromatic N) is 2. The molecule has 1 atom stereocenters. The van der Waals surface area contributed by atoms with Crippen molar-refractivity contribution in [3.63, 3.8) is 0 Å². The van der Waals surface area contributed by atoms with Crippen LogP contribution in [-0.2, 0) is 13.1 Å². The van der Waals surface area contributed by atoms with Gasteiger partial charge < -0.3 is 19.7 Å². The molecule has 0 radical (unpaired) electrons. The van der Waals surface area contributed by atoms with E-state index < -0.39 is 6.10 Å². The van der Waals surface area contributed by atoms with Gasteiger partial charge in [0.2, 0.25) is 5.43 Å². The number of pyridine rings is 1. The molecule has 1 aromatic rings. The van der Waals surface area contributed by atoms with E-state index in [0.29, 0.717) is 18.8 Å². The first-order valence-electron chi connectivity index (χ1n) is 5.58. The molecule has 96 valence electrons. The van der Waals surface area contributed by atoms with Gasteiger partial charge >= 0.3 is 0 Å². The van der Waals surface area contributed by atoms with E-state index in [0.717, 1.165) is 5.69 Å². The number of hydrogen-bond acceptors (Lipinski definition) is 4. The van der Waals surface area contributed by atoms with Crippen molar-refractivity contribution in [2.24, 2.45) is 0 Å². The van der Waals surface area contributed by atoms with E-state index in [1.54, 1.807) is 18.4 Å². The van der Waals surface area contributed by atoms with Crippen LogP contribution in [0.1, 0.15) is 18.3 Å². The molecular formula is C12H20N2O3. The molecule has 1 heterocycles. The Bertz CT molecular complexity index is 450. The topological polar surface area (TPSA) is 65.7 Å². The van der Waals surface area contributed by atoms with Crippen LogP contribution in [0.5, 0.6) is 5.75 Å². The number of aromatic hydroxyl groups is 1. The third-order valence-electron chi connectivity index (χ3n) is 2.51. The number of hydrogen-bond donors (Lipinski definition) is 2. The molecule has 0 aliphatic heterocycles. The van der Waals surface area contributed by atoms with Crippen LogP contribution in [0.3, 0.4) is 0 Å². The maximum atomic E-state index is 11.5. The fraction of sp³-hybridized carbons (Fsp3) is 0.583. The molecule has 1 unspecified atom stereocenters. The monoisotopic (exact) mass is 240 g/mol. The van der Waals surface area contributed by atoms with Crippen molar-refractivity contribution in [2.45, 2.75) is 33.0 Å². The van der Waals surface area contributed by atoms with Crippen molar-refractivity contribution in [3.05, 3.63) is 27.7 Å². The Morgan fingerprint density at radius 2 is 2.06 bits per heavy atom. The van der Waals surface area contributed by atoms with E-state index in [4.69, 9.17) is 0 Å². The van der Waals surface area contributed by atoms with Gasteiger partial charge in [0.15, 0.2) is 5.75 Å². The lowest BCUT2D eigenvalue weighted by molar-refractivity contribution is 0.169.